The van der Waals surface area contributed by atoms with E-state index in [1.807, 2.05) is 12.3 Å². The van der Waals surface area contributed by atoms with E-state index < -0.39 is 0 Å². The van der Waals surface area contributed by atoms with Gasteiger partial charge in [0.05, 0.1) is 18.0 Å². The van der Waals surface area contributed by atoms with E-state index in [4.69, 9.17) is 9.47 Å². The van der Waals surface area contributed by atoms with Crippen molar-refractivity contribution in [3.63, 3.8) is 0 Å². The standard InChI is InChI=1S/C16H26N2O2/c1-3-9-17-15(4-2)16-8-7-13(11-18-16)20-12-14-6-5-10-19-14/h7-8,11,14-15,17H,3-6,9-10,12H2,1-2H3. The quantitative estimate of drug-likeness (QED) is 0.793. The van der Waals surface area contributed by atoms with Gasteiger partial charge >= 0.3 is 0 Å². The van der Waals surface area contributed by atoms with Gasteiger partial charge in [0.1, 0.15) is 12.4 Å². The first-order chi connectivity index (χ1) is 9.83. The first kappa shape index (κ1) is 15.3. The molecule has 0 radical (unpaired) electrons. The molecule has 0 aromatic carbocycles. The number of hydrogen-bond donors (Lipinski definition) is 1. The van der Waals surface area contributed by atoms with Crippen molar-refractivity contribution in [2.45, 2.75) is 51.7 Å². The summed E-state index contributed by atoms with van der Waals surface area (Å²) in [7, 11) is 0. The molecule has 0 aliphatic carbocycles. The first-order valence-corrected chi connectivity index (χ1v) is 7.77. The van der Waals surface area contributed by atoms with Crippen molar-refractivity contribution in [2.75, 3.05) is 19.8 Å². The van der Waals surface area contributed by atoms with Gasteiger partial charge in [-0.2, -0.15) is 0 Å². The van der Waals surface area contributed by atoms with Crippen LogP contribution in [-0.4, -0.2) is 30.8 Å². The molecule has 1 aromatic heterocycles. The van der Waals surface area contributed by atoms with Crippen molar-refractivity contribution in [3.8, 4) is 5.75 Å². The Labute approximate surface area is 121 Å². The largest absolute Gasteiger partial charge is 0.489 e. The van der Waals surface area contributed by atoms with Gasteiger partial charge in [-0.25, -0.2) is 0 Å². The maximum absolute atomic E-state index is 5.73. The van der Waals surface area contributed by atoms with Crippen LogP contribution in [0.3, 0.4) is 0 Å². The Morgan fingerprint density at radius 2 is 2.35 bits per heavy atom. The van der Waals surface area contributed by atoms with Crippen molar-refractivity contribution in [1.82, 2.24) is 10.3 Å². The lowest BCUT2D eigenvalue weighted by Gasteiger charge is -2.16. The van der Waals surface area contributed by atoms with Crippen LogP contribution in [0.4, 0.5) is 0 Å². The number of hydrogen-bond acceptors (Lipinski definition) is 4. The predicted molar refractivity (Wildman–Crippen MR) is 80.0 cm³/mol. The molecule has 2 unspecified atom stereocenters. The topological polar surface area (TPSA) is 43.4 Å². The maximum Gasteiger partial charge on any atom is 0.137 e. The molecule has 1 saturated heterocycles. The van der Waals surface area contributed by atoms with Gasteiger partial charge in [-0.3, -0.25) is 4.98 Å². The highest BCUT2D eigenvalue weighted by atomic mass is 16.5. The number of pyridine rings is 1. The Bertz CT molecular complexity index is 375. The Hall–Kier alpha value is -1.13. The van der Waals surface area contributed by atoms with E-state index >= 15 is 0 Å². The number of nitrogens with zero attached hydrogens (tertiary/aromatic N) is 1. The number of aromatic nitrogens is 1. The third-order valence-corrected chi connectivity index (χ3v) is 3.63. The fourth-order valence-corrected chi connectivity index (χ4v) is 2.42. The van der Waals surface area contributed by atoms with E-state index in [0.29, 0.717) is 12.6 Å². The Morgan fingerprint density at radius 3 is 2.95 bits per heavy atom. The molecule has 0 amide bonds. The third kappa shape index (κ3) is 4.46. The number of ether oxygens (including phenoxy) is 2. The molecule has 20 heavy (non-hydrogen) atoms. The molecule has 112 valence electrons. The summed E-state index contributed by atoms with van der Waals surface area (Å²) in [4.78, 5) is 4.52. The highest BCUT2D eigenvalue weighted by molar-refractivity contribution is 5.21. The van der Waals surface area contributed by atoms with Crippen molar-refractivity contribution in [1.29, 1.82) is 0 Å². The molecule has 1 aromatic rings. The molecular formula is C16H26N2O2. The van der Waals surface area contributed by atoms with Crippen LogP contribution < -0.4 is 10.1 Å². The van der Waals surface area contributed by atoms with E-state index in [2.05, 4.69) is 30.2 Å². The monoisotopic (exact) mass is 278 g/mol. The molecule has 1 fully saturated rings. The van der Waals surface area contributed by atoms with Crippen LogP contribution in [0, 0.1) is 0 Å². The van der Waals surface area contributed by atoms with Crippen LogP contribution in [0.15, 0.2) is 18.3 Å². The van der Waals surface area contributed by atoms with Crippen LogP contribution in [0.5, 0.6) is 5.75 Å². The van der Waals surface area contributed by atoms with Gasteiger partial charge in [0.25, 0.3) is 0 Å². The predicted octanol–water partition coefficient (Wildman–Crippen LogP) is 3.09. The fourth-order valence-electron chi connectivity index (χ4n) is 2.42. The maximum atomic E-state index is 5.73. The lowest BCUT2D eigenvalue weighted by molar-refractivity contribution is 0.0678. The van der Waals surface area contributed by atoms with E-state index in [9.17, 15) is 0 Å². The van der Waals surface area contributed by atoms with Crippen LogP contribution >= 0.6 is 0 Å². The molecule has 0 saturated carbocycles. The normalized spacial score (nSPS) is 20.0. The van der Waals surface area contributed by atoms with E-state index in [0.717, 1.165) is 50.3 Å². The highest BCUT2D eigenvalue weighted by Crippen LogP contribution is 2.19. The van der Waals surface area contributed by atoms with Gasteiger partial charge in [-0.15, -0.1) is 0 Å². The summed E-state index contributed by atoms with van der Waals surface area (Å²) >= 11 is 0. The molecule has 1 N–H and O–H groups in total. The molecular weight excluding hydrogens is 252 g/mol. The molecule has 1 aliphatic heterocycles. The Morgan fingerprint density at radius 1 is 1.45 bits per heavy atom. The minimum atomic E-state index is 0.254. The van der Waals surface area contributed by atoms with Gasteiger partial charge in [0, 0.05) is 12.6 Å². The van der Waals surface area contributed by atoms with Crippen LogP contribution in [0.1, 0.15) is 51.3 Å². The van der Waals surface area contributed by atoms with E-state index in [-0.39, 0.29) is 6.10 Å². The van der Waals surface area contributed by atoms with Crippen molar-refractivity contribution < 1.29 is 9.47 Å². The summed E-state index contributed by atoms with van der Waals surface area (Å²) < 4.78 is 11.3. The number of rotatable bonds is 8. The zero-order valence-corrected chi connectivity index (χ0v) is 12.6. The molecule has 2 atom stereocenters. The second-order valence-corrected chi connectivity index (χ2v) is 5.28. The van der Waals surface area contributed by atoms with Crippen molar-refractivity contribution in [3.05, 3.63) is 24.0 Å². The van der Waals surface area contributed by atoms with Crippen LogP contribution in [0.25, 0.3) is 0 Å². The van der Waals surface area contributed by atoms with Gasteiger partial charge in [-0.1, -0.05) is 13.8 Å². The molecule has 4 nitrogen and oxygen atoms in total. The summed E-state index contributed by atoms with van der Waals surface area (Å²) in [5.74, 6) is 0.828. The molecule has 1 aliphatic rings. The van der Waals surface area contributed by atoms with Gasteiger partial charge in [-0.05, 0) is 44.4 Å². The smallest absolute Gasteiger partial charge is 0.137 e. The average Bonchev–Trinajstić information content (AvgIpc) is 3.00. The van der Waals surface area contributed by atoms with Gasteiger partial charge in [0.15, 0.2) is 0 Å². The van der Waals surface area contributed by atoms with E-state index in [1.165, 1.54) is 0 Å². The molecule has 2 rings (SSSR count). The molecule has 0 bridgehead atoms. The third-order valence-electron chi connectivity index (χ3n) is 3.63. The number of nitrogens with one attached hydrogen (secondary N) is 1. The van der Waals surface area contributed by atoms with Crippen LogP contribution in [-0.2, 0) is 4.74 Å². The highest BCUT2D eigenvalue weighted by Gasteiger charge is 2.16. The summed E-state index contributed by atoms with van der Waals surface area (Å²) in [6, 6.07) is 4.40. The lowest BCUT2D eigenvalue weighted by Crippen LogP contribution is -2.22. The molecule has 4 heteroatoms. The second-order valence-electron chi connectivity index (χ2n) is 5.28. The average molecular weight is 278 g/mol. The van der Waals surface area contributed by atoms with Crippen LogP contribution in [0.2, 0.25) is 0 Å². The summed E-state index contributed by atoms with van der Waals surface area (Å²) in [5.41, 5.74) is 1.09. The minimum Gasteiger partial charge on any atom is -0.489 e. The van der Waals surface area contributed by atoms with E-state index in [1.54, 1.807) is 0 Å². The summed E-state index contributed by atoms with van der Waals surface area (Å²) in [6.07, 6.45) is 6.50. The SMILES string of the molecule is CCCNC(CC)c1ccc(OCC2CCCO2)cn1. The molecule has 0 spiro atoms. The van der Waals surface area contributed by atoms with Crippen molar-refractivity contribution in [2.24, 2.45) is 0 Å². The summed E-state index contributed by atoms with van der Waals surface area (Å²) in [6.45, 7) is 6.88. The first-order valence-electron chi connectivity index (χ1n) is 7.77. The fraction of sp³-hybridized carbons (Fsp3) is 0.688. The zero-order valence-electron chi connectivity index (χ0n) is 12.6. The zero-order chi connectivity index (χ0) is 14.2. The summed E-state index contributed by atoms with van der Waals surface area (Å²) in [5, 5.41) is 3.51. The van der Waals surface area contributed by atoms with Gasteiger partial charge < -0.3 is 14.8 Å². The Balaban J connectivity index is 1.84. The second kappa shape index (κ2) is 8.22. The lowest BCUT2D eigenvalue weighted by atomic mass is 10.1. The van der Waals surface area contributed by atoms with Gasteiger partial charge in [0.2, 0.25) is 0 Å². The molecule has 2 heterocycles. The Kier molecular flexibility index (Phi) is 6.27. The van der Waals surface area contributed by atoms with Crippen molar-refractivity contribution >= 4 is 0 Å². The minimum absolute atomic E-state index is 0.254.